The van der Waals surface area contributed by atoms with Gasteiger partial charge in [-0.25, -0.2) is 0 Å². The van der Waals surface area contributed by atoms with Crippen molar-refractivity contribution in [1.29, 1.82) is 0 Å². The summed E-state index contributed by atoms with van der Waals surface area (Å²) >= 11 is 5.92. The number of hydrogen-bond donors (Lipinski definition) is 1. The van der Waals surface area contributed by atoms with E-state index < -0.39 is 0 Å². The Morgan fingerprint density at radius 3 is 2.76 bits per heavy atom. The summed E-state index contributed by atoms with van der Waals surface area (Å²) in [6.45, 7) is 3.24. The largest absolute Gasteiger partial charge is 0.371 e. The summed E-state index contributed by atoms with van der Waals surface area (Å²) in [6.07, 6.45) is 1.84. The van der Waals surface area contributed by atoms with Gasteiger partial charge in [0.15, 0.2) is 0 Å². The number of aromatic nitrogens is 1. The molecule has 0 bridgehead atoms. The number of benzene rings is 1. The summed E-state index contributed by atoms with van der Waals surface area (Å²) in [5.74, 6) is 0. The van der Waals surface area contributed by atoms with Crippen LogP contribution in [0.1, 0.15) is 17.2 Å². The van der Waals surface area contributed by atoms with Gasteiger partial charge in [0, 0.05) is 36.9 Å². The first-order valence-electron chi connectivity index (χ1n) is 6.98. The summed E-state index contributed by atoms with van der Waals surface area (Å²) in [7, 11) is 0. The highest BCUT2D eigenvalue weighted by molar-refractivity contribution is 6.30. The summed E-state index contributed by atoms with van der Waals surface area (Å²) in [6, 6.07) is 11.2. The lowest BCUT2D eigenvalue weighted by Gasteiger charge is -2.33. The smallest absolute Gasteiger partial charge is 0.247 e. The van der Waals surface area contributed by atoms with Crippen molar-refractivity contribution < 1.29 is 4.74 Å². The SMILES string of the molecule is O=c1ccc(CN2CCO[C@H](c3ccc(Cl)cc3)C2)c[nH]1. The van der Waals surface area contributed by atoms with E-state index in [0.29, 0.717) is 6.61 Å². The third-order valence-electron chi connectivity index (χ3n) is 3.65. The molecule has 5 heteroatoms. The Kier molecular flexibility index (Phi) is 4.39. The molecule has 0 spiro atoms. The van der Waals surface area contributed by atoms with Crippen molar-refractivity contribution >= 4 is 11.6 Å². The van der Waals surface area contributed by atoms with Gasteiger partial charge in [-0.2, -0.15) is 0 Å². The third kappa shape index (κ3) is 3.73. The molecule has 3 rings (SSSR count). The highest BCUT2D eigenvalue weighted by Crippen LogP contribution is 2.24. The molecular weight excluding hydrogens is 288 g/mol. The van der Waals surface area contributed by atoms with Gasteiger partial charge < -0.3 is 9.72 Å². The monoisotopic (exact) mass is 304 g/mol. The standard InChI is InChI=1S/C16H17ClN2O2/c17-14-4-2-13(3-5-14)15-11-19(7-8-21-15)10-12-1-6-16(20)18-9-12/h1-6,9,15H,7-8,10-11H2,(H,18,20)/t15-/m0/s1. The summed E-state index contributed by atoms with van der Waals surface area (Å²) in [4.78, 5) is 16.1. The molecule has 0 aliphatic carbocycles. The Morgan fingerprint density at radius 1 is 1.24 bits per heavy atom. The molecule has 1 aliphatic heterocycles. The van der Waals surface area contributed by atoms with E-state index in [-0.39, 0.29) is 11.7 Å². The molecule has 0 unspecified atom stereocenters. The van der Waals surface area contributed by atoms with Crippen LogP contribution in [0.15, 0.2) is 47.4 Å². The maximum absolute atomic E-state index is 11.1. The Balaban J connectivity index is 1.66. The molecule has 1 aliphatic rings. The Bertz CT molecular complexity index is 634. The molecule has 1 N–H and O–H groups in total. The van der Waals surface area contributed by atoms with Crippen molar-refractivity contribution in [3.63, 3.8) is 0 Å². The molecule has 1 aromatic heterocycles. The number of aromatic amines is 1. The van der Waals surface area contributed by atoms with E-state index in [1.807, 2.05) is 30.3 Å². The molecular formula is C16H17ClN2O2. The van der Waals surface area contributed by atoms with E-state index in [1.165, 1.54) is 0 Å². The summed E-state index contributed by atoms with van der Waals surface area (Å²) in [5, 5.41) is 0.736. The van der Waals surface area contributed by atoms with Crippen molar-refractivity contribution in [3.05, 3.63) is 69.1 Å². The average molecular weight is 305 g/mol. The normalized spacial score (nSPS) is 19.6. The minimum atomic E-state index is -0.0697. The second-order valence-corrected chi connectivity index (χ2v) is 5.64. The zero-order valence-corrected chi connectivity index (χ0v) is 12.3. The first-order valence-corrected chi connectivity index (χ1v) is 7.35. The third-order valence-corrected chi connectivity index (χ3v) is 3.90. The van der Waals surface area contributed by atoms with Gasteiger partial charge in [-0.1, -0.05) is 29.8 Å². The van der Waals surface area contributed by atoms with Crippen LogP contribution in [0.5, 0.6) is 0 Å². The number of nitrogens with one attached hydrogen (secondary N) is 1. The second-order valence-electron chi connectivity index (χ2n) is 5.21. The van der Waals surface area contributed by atoms with Gasteiger partial charge in [0.2, 0.25) is 5.56 Å². The number of morpholine rings is 1. The van der Waals surface area contributed by atoms with Gasteiger partial charge in [-0.05, 0) is 23.3 Å². The molecule has 0 radical (unpaired) electrons. The molecule has 4 nitrogen and oxygen atoms in total. The molecule has 110 valence electrons. The molecule has 1 atom stereocenters. The number of hydrogen-bond acceptors (Lipinski definition) is 3. The fraction of sp³-hybridized carbons (Fsp3) is 0.312. The number of nitrogens with zero attached hydrogens (tertiary/aromatic N) is 1. The lowest BCUT2D eigenvalue weighted by atomic mass is 10.1. The van der Waals surface area contributed by atoms with Crippen LogP contribution in [0, 0.1) is 0 Å². The van der Waals surface area contributed by atoms with Crippen LogP contribution >= 0.6 is 11.6 Å². The molecule has 21 heavy (non-hydrogen) atoms. The van der Waals surface area contributed by atoms with E-state index >= 15 is 0 Å². The van der Waals surface area contributed by atoms with Crippen LogP contribution in [-0.2, 0) is 11.3 Å². The first kappa shape index (κ1) is 14.3. The Hall–Kier alpha value is -1.62. The van der Waals surface area contributed by atoms with Gasteiger partial charge in [-0.15, -0.1) is 0 Å². The van der Waals surface area contributed by atoms with Crippen molar-refractivity contribution in [2.24, 2.45) is 0 Å². The lowest BCUT2D eigenvalue weighted by Crippen LogP contribution is -2.37. The van der Waals surface area contributed by atoms with Crippen LogP contribution in [0.25, 0.3) is 0 Å². The van der Waals surface area contributed by atoms with E-state index in [4.69, 9.17) is 16.3 Å². The number of halogens is 1. The number of pyridine rings is 1. The van der Waals surface area contributed by atoms with Crippen LogP contribution in [0.4, 0.5) is 0 Å². The highest BCUT2D eigenvalue weighted by Gasteiger charge is 2.21. The van der Waals surface area contributed by atoms with E-state index in [9.17, 15) is 4.79 Å². The van der Waals surface area contributed by atoms with Gasteiger partial charge >= 0.3 is 0 Å². The molecule has 0 saturated carbocycles. The van der Waals surface area contributed by atoms with Crippen molar-refractivity contribution in [3.8, 4) is 0 Å². The van der Waals surface area contributed by atoms with E-state index in [1.54, 1.807) is 12.3 Å². The number of rotatable bonds is 3. The minimum Gasteiger partial charge on any atom is -0.371 e. The van der Waals surface area contributed by atoms with E-state index in [2.05, 4.69) is 9.88 Å². The van der Waals surface area contributed by atoms with Gasteiger partial charge in [0.05, 0.1) is 12.7 Å². The van der Waals surface area contributed by atoms with Gasteiger partial charge in [0.1, 0.15) is 0 Å². The van der Waals surface area contributed by atoms with Crippen LogP contribution in [0.2, 0.25) is 5.02 Å². The van der Waals surface area contributed by atoms with Crippen LogP contribution in [0.3, 0.4) is 0 Å². The van der Waals surface area contributed by atoms with Crippen molar-refractivity contribution in [2.45, 2.75) is 12.6 Å². The predicted octanol–water partition coefficient (Wildman–Crippen LogP) is 2.60. The lowest BCUT2D eigenvalue weighted by molar-refractivity contribution is -0.0329. The molecule has 2 heterocycles. The predicted molar refractivity (Wildman–Crippen MR) is 82.5 cm³/mol. The number of H-pyrrole nitrogens is 1. The first-order chi connectivity index (χ1) is 10.2. The molecule has 0 amide bonds. The second kappa shape index (κ2) is 6.43. The topological polar surface area (TPSA) is 45.3 Å². The Labute approximate surface area is 128 Å². The molecule has 1 saturated heterocycles. The zero-order valence-electron chi connectivity index (χ0n) is 11.6. The Morgan fingerprint density at radius 2 is 2.05 bits per heavy atom. The van der Waals surface area contributed by atoms with Crippen LogP contribution < -0.4 is 5.56 Å². The van der Waals surface area contributed by atoms with Crippen molar-refractivity contribution in [2.75, 3.05) is 19.7 Å². The fourth-order valence-electron chi connectivity index (χ4n) is 2.52. The van der Waals surface area contributed by atoms with Crippen LogP contribution in [-0.4, -0.2) is 29.6 Å². The zero-order chi connectivity index (χ0) is 14.7. The summed E-state index contributed by atoms with van der Waals surface area (Å²) < 4.78 is 5.85. The molecule has 1 aromatic carbocycles. The highest BCUT2D eigenvalue weighted by atomic mass is 35.5. The van der Waals surface area contributed by atoms with Crippen molar-refractivity contribution in [1.82, 2.24) is 9.88 Å². The molecule has 2 aromatic rings. The maximum atomic E-state index is 11.1. The quantitative estimate of drug-likeness (QED) is 0.948. The van der Waals surface area contributed by atoms with Gasteiger partial charge in [-0.3, -0.25) is 9.69 Å². The van der Waals surface area contributed by atoms with Gasteiger partial charge in [0.25, 0.3) is 0 Å². The fourth-order valence-corrected chi connectivity index (χ4v) is 2.65. The summed E-state index contributed by atoms with van der Waals surface area (Å²) in [5.41, 5.74) is 2.18. The number of ether oxygens (including phenoxy) is 1. The molecule has 1 fully saturated rings. The van der Waals surface area contributed by atoms with E-state index in [0.717, 1.165) is 35.8 Å². The maximum Gasteiger partial charge on any atom is 0.247 e. The average Bonchev–Trinajstić information content (AvgIpc) is 2.51. The minimum absolute atomic E-state index is 0.0683.